The second-order valence-electron chi connectivity index (χ2n) is 4.70. The van der Waals surface area contributed by atoms with Crippen LogP contribution in [0.2, 0.25) is 5.02 Å². The van der Waals surface area contributed by atoms with Crippen LogP contribution in [0.15, 0.2) is 18.2 Å². The maximum absolute atomic E-state index is 6.18. The Morgan fingerprint density at radius 2 is 2.10 bits per heavy atom. The lowest BCUT2D eigenvalue weighted by molar-refractivity contribution is 0.340. The van der Waals surface area contributed by atoms with E-state index in [1.165, 1.54) is 11.3 Å². The summed E-state index contributed by atoms with van der Waals surface area (Å²) in [5.74, 6) is 0.716. The molecule has 0 aliphatic carbocycles. The number of nitrogens with one attached hydrogen (secondary N) is 1. The first-order chi connectivity index (χ1) is 9.52. The molecule has 108 valence electrons. The van der Waals surface area contributed by atoms with Crippen LogP contribution < -0.4 is 10.1 Å². The Balaban J connectivity index is 2.09. The Morgan fingerprint density at radius 3 is 2.65 bits per heavy atom. The first-order valence-electron chi connectivity index (χ1n) is 6.68. The Bertz CT molecular complexity index is 607. The molecule has 0 fully saturated rings. The summed E-state index contributed by atoms with van der Waals surface area (Å²) < 4.78 is 7.32. The highest BCUT2D eigenvalue weighted by Crippen LogP contribution is 2.28. The van der Waals surface area contributed by atoms with Crippen molar-refractivity contribution in [2.45, 2.75) is 27.3 Å². The molecule has 1 aromatic carbocycles. The lowest BCUT2D eigenvalue weighted by Gasteiger charge is -2.10. The number of nitrogens with zero attached hydrogens (tertiary/aromatic N) is 2. The number of hydrogen-bond donors (Lipinski definition) is 1. The van der Waals surface area contributed by atoms with Crippen molar-refractivity contribution in [2.75, 3.05) is 11.9 Å². The molecule has 0 bridgehead atoms. The normalized spacial score (nSPS) is 10.7. The van der Waals surface area contributed by atoms with Crippen molar-refractivity contribution >= 4 is 17.3 Å². The Hall–Kier alpha value is -1.68. The molecular weight excluding hydrogens is 274 g/mol. The van der Waals surface area contributed by atoms with Crippen molar-refractivity contribution in [3.63, 3.8) is 0 Å². The van der Waals surface area contributed by atoms with Gasteiger partial charge in [0, 0.05) is 30.5 Å². The summed E-state index contributed by atoms with van der Waals surface area (Å²) in [7, 11) is 1.96. The van der Waals surface area contributed by atoms with Crippen LogP contribution in [0.5, 0.6) is 5.75 Å². The van der Waals surface area contributed by atoms with E-state index in [1.54, 1.807) is 0 Å². The molecule has 20 heavy (non-hydrogen) atoms. The van der Waals surface area contributed by atoms with Gasteiger partial charge in [0.1, 0.15) is 5.75 Å². The fraction of sp³-hybridized carbons (Fsp3) is 0.400. The van der Waals surface area contributed by atoms with Crippen LogP contribution in [-0.2, 0) is 13.6 Å². The fourth-order valence-electron chi connectivity index (χ4n) is 2.15. The smallest absolute Gasteiger partial charge is 0.138 e. The van der Waals surface area contributed by atoms with E-state index in [0.717, 1.165) is 17.9 Å². The zero-order chi connectivity index (χ0) is 14.7. The van der Waals surface area contributed by atoms with Crippen LogP contribution in [0, 0.1) is 13.8 Å². The largest absolute Gasteiger partial charge is 0.492 e. The molecule has 1 N–H and O–H groups in total. The van der Waals surface area contributed by atoms with Crippen molar-refractivity contribution in [3.05, 3.63) is 40.2 Å². The van der Waals surface area contributed by atoms with Crippen LogP contribution >= 0.6 is 11.6 Å². The molecule has 0 spiro atoms. The number of benzene rings is 1. The molecule has 0 saturated heterocycles. The third-order valence-corrected chi connectivity index (χ3v) is 3.66. The highest BCUT2D eigenvalue weighted by molar-refractivity contribution is 6.32. The molecule has 0 radical (unpaired) electrons. The molecule has 5 heteroatoms. The van der Waals surface area contributed by atoms with Gasteiger partial charge in [0.25, 0.3) is 0 Å². The molecule has 0 atom stereocenters. The van der Waals surface area contributed by atoms with Crippen LogP contribution in [0.3, 0.4) is 0 Å². The molecule has 2 aromatic rings. The van der Waals surface area contributed by atoms with E-state index in [2.05, 4.69) is 17.3 Å². The first-order valence-corrected chi connectivity index (χ1v) is 7.06. The minimum atomic E-state index is 0.612. The van der Waals surface area contributed by atoms with Gasteiger partial charge in [-0.05, 0) is 39.0 Å². The van der Waals surface area contributed by atoms with Gasteiger partial charge in [-0.3, -0.25) is 4.68 Å². The fourth-order valence-corrected chi connectivity index (χ4v) is 2.38. The summed E-state index contributed by atoms with van der Waals surface area (Å²) in [6, 6.07) is 5.74. The van der Waals surface area contributed by atoms with Gasteiger partial charge in [0.05, 0.1) is 17.3 Å². The van der Waals surface area contributed by atoms with Gasteiger partial charge in [-0.2, -0.15) is 5.10 Å². The number of anilines is 1. The number of hydrogen-bond acceptors (Lipinski definition) is 3. The standard InChI is InChI=1S/C15H20ClN3O/c1-5-20-15-7-6-12(8-14(15)16)17-9-13-10(2)18-19(4)11(13)3/h6-8,17H,5,9H2,1-4H3. The van der Waals surface area contributed by atoms with Gasteiger partial charge in [0.2, 0.25) is 0 Å². The zero-order valence-corrected chi connectivity index (χ0v) is 13.1. The summed E-state index contributed by atoms with van der Waals surface area (Å²) in [4.78, 5) is 0. The molecular formula is C15H20ClN3O. The maximum Gasteiger partial charge on any atom is 0.138 e. The first kappa shape index (κ1) is 14.7. The minimum absolute atomic E-state index is 0.612. The van der Waals surface area contributed by atoms with E-state index in [-0.39, 0.29) is 0 Å². The Kier molecular flexibility index (Phi) is 4.55. The van der Waals surface area contributed by atoms with Gasteiger partial charge in [-0.25, -0.2) is 0 Å². The monoisotopic (exact) mass is 293 g/mol. The van der Waals surface area contributed by atoms with E-state index in [4.69, 9.17) is 16.3 Å². The van der Waals surface area contributed by atoms with E-state index in [1.807, 2.05) is 43.8 Å². The van der Waals surface area contributed by atoms with E-state index < -0.39 is 0 Å². The SMILES string of the molecule is CCOc1ccc(NCc2c(C)nn(C)c2C)cc1Cl. The topological polar surface area (TPSA) is 39.1 Å². The third-order valence-electron chi connectivity index (χ3n) is 3.36. The number of aryl methyl sites for hydroxylation is 2. The summed E-state index contributed by atoms with van der Waals surface area (Å²) in [5.41, 5.74) is 4.42. The summed E-state index contributed by atoms with van der Waals surface area (Å²) in [6.45, 7) is 7.38. The highest BCUT2D eigenvalue weighted by Gasteiger charge is 2.09. The molecule has 0 aliphatic rings. The molecule has 1 heterocycles. The summed E-state index contributed by atoms with van der Waals surface area (Å²) >= 11 is 6.18. The van der Waals surface area contributed by atoms with Crippen molar-refractivity contribution in [3.8, 4) is 5.75 Å². The van der Waals surface area contributed by atoms with Crippen molar-refractivity contribution in [1.82, 2.24) is 9.78 Å². The van der Waals surface area contributed by atoms with E-state index in [0.29, 0.717) is 17.4 Å². The molecule has 0 amide bonds. The number of halogens is 1. The number of ether oxygens (including phenoxy) is 1. The Morgan fingerprint density at radius 1 is 1.35 bits per heavy atom. The quantitative estimate of drug-likeness (QED) is 0.913. The van der Waals surface area contributed by atoms with Crippen molar-refractivity contribution < 1.29 is 4.74 Å². The van der Waals surface area contributed by atoms with Crippen LogP contribution in [0.4, 0.5) is 5.69 Å². The number of rotatable bonds is 5. The van der Waals surface area contributed by atoms with Crippen molar-refractivity contribution in [2.24, 2.45) is 7.05 Å². The van der Waals surface area contributed by atoms with Gasteiger partial charge in [0.15, 0.2) is 0 Å². The van der Waals surface area contributed by atoms with E-state index in [9.17, 15) is 0 Å². The van der Waals surface area contributed by atoms with Crippen LogP contribution in [0.25, 0.3) is 0 Å². The van der Waals surface area contributed by atoms with Gasteiger partial charge in [-0.15, -0.1) is 0 Å². The minimum Gasteiger partial charge on any atom is -0.492 e. The molecule has 0 aliphatic heterocycles. The van der Waals surface area contributed by atoms with Gasteiger partial charge < -0.3 is 10.1 Å². The van der Waals surface area contributed by atoms with Gasteiger partial charge in [-0.1, -0.05) is 11.6 Å². The second kappa shape index (κ2) is 6.18. The van der Waals surface area contributed by atoms with Crippen LogP contribution in [0.1, 0.15) is 23.9 Å². The lowest BCUT2D eigenvalue weighted by Crippen LogP contribution is -2.02. The van der Waals surface area contributed by atoms with E-state index >= 15 is 0 Å². The maximum atomic E-state index is 6.18. The van der Waals surface area contributed by atoms with Gasteiger partial charge >= 0.3 is 0 Å². The van der Waals surface area contributed by atoms with Crippen LogP contribution in [-0.4, -0.2) is 16.4 Å². The number of aromatic nitrogens is 2. The molecule has 2 rings (SSSR count). The van der Waals surface area contributed by atoms with Crippen molar-refractivity contribution in [1.29, 1.82) is 0 Å². The lowest BCUT2D eigenvalue weighted by atomic mass is 10.2. The second-order valence-corrected chi connectivity index (χ2v) is 5.11. The molecule has 0 unspecified atom stereocenters. The Labute approximate surface area is 124 Å². The third kappa shape index (κ3) is 3.07. The molecule has 0 saturated carbocycles. The predicted octanol–water partition coefficient (Wildman–Crippen LogP) is 3.70. The average molecular weight is 294 g/mol. The summed E-state index contributed by atoms with van der Waals surface area (Å²) in [5, 5.41) is 8.40. The molecule has 4 nitrogen and oxygen atoms in total. The average Bonchev–Trinajstić information content (AvgIpc) is 2.64. The molecule has 1 aromatic heterocycles. The highest BCUT2D eigenvalue weighted by atomic mass is 35.5. The summed E-state index contributed by atoms with van der Waals surface area (Å²) in [6.07, 6.45) is 0. The predicted molar refractivity (Wildman–Crippen MR) is 82.6 cm³/mol. The zero-order valence-electron chi connectivity index (χ0n) is 12.3.